The third-order valence-electron chi connectivity index (χ3n) is 3.24. The summed E-state index contributed by atoms with van der Waals surface area (Å²) >= 11 is 2.77. The van der Waals surface area contributed by atoms with Gasteiger partial charge in [-0.2, -0.15) is 8.78 Å². The summed E-state index contributed by atoms with van der Waals surface area (Å²) in [5.41, 5.74) is 0.198. The van der Waals surface area contributed by atoms with Crippen LogP contribution in [0.25, 0.3) is 10.2 Å². The number of nitrogens with zero attached hydrogens (tertiary/aromatic N) is 2. The summed E-state index contributed by atoms with van der Waals surface area (Å²) in [4.78, 5) is 21.6. The Morgan fingerprint density at radius 1 is 1.28 bits per heavy atom. The first-order valence-corrected chi connectivity index (χ1v) is 9.00. The van der Waals surface area contributed by atoms with Gasteiger partial charge in [-0.25, -0.2) is 9.97 Å². The van der Waals surface area contributed by atoms with Crippen molar-refractivity contribution in [1.82, 2.24) is 9.97 Å². The van der Waals surface area contributed by atoms with Crippen LogP contribution in [0.3, 0.4) is 0 Å². The highest BCUT2D eigenvalue weighted by molar-refractivity contribution is 8.00. The van der Waals surface area contributed by atoms with Gasteiger partial charge in [-0.3, -0.25) is 4.79 Å². The van der Waals surface area contributed by atoms with Crippen molar-refractivity contribution in [2.45, 2.75) is 23.8 Å². The molecule has 1 atom stereocenters. The fourth-order valence-electron chi connectivity index (χ4n) is 2.09. The van der Waals surface area contributed by atoms with E-state index in [0.29, 0.717) is 5.03 Å². The molecule has 3 aromatic rings. The molecular formula is C16H13F2N3O2S2. The molecule has 1 aromatic carbocycles. The number of hydrogen-bond donors (Lipinski definition) is 1. The second kappa shape index (κ2) is 7.75. The maximum atomic E-state index is 12.4. The number of para-hydroxylation sites is 2. The molecule has 0 saturated heterocycles. The van der Waals surface area contributed by atoms with Crippen molar-refractivity contribution in [3.8, 4) is 5.75 Å². The summed E-state index contributed by atoms with van der Waals surface area (Å²) in [6, 6.07) is 7.97. The van der Waals surface area contributed by atoms with E-state index in [1.54, 1.807) is 19.1 Å². The molecule has 25 heavy (non-hydrogen) atoms. The largest absolute Gasteiger partial charge is 0.433 e. The number of benzene rings is 1. The second-order valence-electron chi connectivity index (χ2n) is 4.94. The van der Waals surface area contributed by atoms with Crippen LogP contribution in [0.4, 0.5) is 14.5 Å². The lowest BCUT2D eigenvalue weighted by Crippen LogP contribution is -2.23. The molecule has 0 bridgehead atoms. The Labute approximate surface area is 150 Å². The Morgan fingerprint density at radius 2 is 2.08 bits per heavy atom. The number of rotatable bonds is 6. The Bertz CT molecular complexity index is 888. The van der Waals surface area contributed by atoms with E-state index in [2.05, 4.69) is 20.0 Å². The van der Waals surface area contributed by atoms with Crippen molar-refractivity contribution >= 4 is 44.9 Å². The normalized spacial score (nSPS) is 12.3. The molecule has 0 spiro atoms. The number of ether oxygens (including phenoxy) is 1. The number of thiophene rings is 1. The average Bonchev–Trinajstić information content (AvgIpc) is 3.06. The van der Waals surface area contributed by atoms with Crippen molar-refractivity contribution in [3.63, 3.8) is 0 Å². The molecule has 130 valence electrons. The van der Waals surface area contributed by atoms with Crippen LogP contribution in [0.5, 0.6) is 5.75 Å². The molecular weight excluding hydrogens is 368 g/mol. The third kappa shape index (κ3) is 4.23. The van der Waals surface area contributed by atoms with Gasteiger partial charge >= 0.3 is 6.61 Å². The number of carbonyl (C=O) groups is 1. The Kier molecular flexibility index (Phi) is 5.44. The summed E-state index contributed by atoms with van der Waals surface area (Å²) in [7, 11) is 0. The first-order chi connectivity index (χ1) is 12.0. The Morgan fingerprint density at radius 3 is 2.88 bits per heavy atom. The van der Waals surface area contributed by atoms with Gasteiger partial charge in [-0.1, -0.05) is 23.9 Å². The maximum absolute atomic E-state index is 12.4. The molecule has 2 heterocycles. The SMILES string of the molecule is C[C@H](Sc1ncnc2sccc12)C(=O)Nc1ccccc1OC(F)F. The number of nitrogens with one attached hydrogen (secondary N) is 1. The summed E-state index contributed by atoms with van der Waals surface area (Å²) in [5.74, 6) is -0.414. The van der Waals surface area contributed by atoms with Gasteiger partial charge in [0, 0.05) is 5.39 Å². The molecule has 9 heteroatoms. The van der Waals surface area contributed by atoms with Crippen LogP contribution in [0, 0.1) is 0 Å². The molecule has 0 saturated carbocycles. The molecule has 0 aliphatic carbocycles. The maximum Gasteiger partial charge on any atom is 0.387 e. The van der Waals surface area contributed by atoms with Crippen molar-refractivity contribution in [2.75, 3.05) is 5.32 Å². The highest BCUT2D eigenvalue weighted by Gasteiger charge is 2.19. The van der Waals surface area contributed by atoms with Crippen LogP contribution in [0.2, 0.25) is 0 Å². The van der Waals surface area contributed by atoms with Gasteiger partial charge < -0.3 is 10.1 Å². The van der Waals surface area contributed by atoms with E-state index in [-0.39, 0.29) is 17.3 Å². The van der Waals surface area contributed by atoms with Crippen LogP contribution >= 0.6 is 23.1 Å². The lowest BCUT2D eigenvalue weighted by Gasteiger charge is -2.14. The summed E-state index contributed by atoms with van der Waals surface area (Å²) in [5, 5.41) is 5.63. The number of amides is 1. The number of halogens is 2. The van der Waals surface area contributed by atoms with E-state index in [9.17, 15) is 13.6 Å². The number of aromatic nitrogens is 2. The second-order valence-corrected chi connectivity index (χ2v) is 7.17. The lowest BCUT2D eigenvalue weighted by atomic mass is 10.3. The minimum absolute atomic E-state index is 0.0784. The smallest absolute Gasteiger partial charge is 0.387 e. The molecule has 3 rings (SSSR count). The zero-order chi connectivity index (χ0) is 17.8. The van der Waals surface area contributed by atoms with E-state index >= 15 is 0 Å². The van der Waals surface area contributed by atoms with Gasteiger partial charge in [-0.15, -0.1) is 11.3 Å². The average molecular weight is 381 g/mol. The molecule has 0 aliphatic rings. The molecule has 0 radical (unpaired) electrons. The van der Waals surface area contributed by atoms with Gasteiger partial charge in [0.15, 0.2) is 0 Å². The topological polar surface area (TPSA) is 64.1 Å². The van der Waals surface area contributed by atoms with Crippen molar-refractivity contribution < 1.29 is 18.3 Å². The first-order valence-electron chi connectivity index (χ1n) is 7.24. The minimum atomic E-state index is -2.96. The summed E-state index contributed by atoms with van der Waals surface area (Å²) < 4.78 is 29.3. The zero-order valence-electron chi connectivity index (χ0n) is 13.0. The number of hydrogen-bond acceptors (Lipinski definition) is 6. The van der Waals surface area contributed by atoms with Crippen LogP contribution in [0.15, 0.2) is 47.1 Å². The fraction of sp³-hybridized carbons (Fsp3) is 0.188. The van der Waals surface area contributed by atoms with Gasteiger partial charge in [0.05, 0.1) is 10.9 Å². The molecule has 1 N–H and O–H groups in total. The highest BCUT2D eigenvalue weighted by Crippen LogP contribution is 2.31. The molecule has 0 aliphatic heterocycles. The van der Waals surface area contributed by atoms with Crippen LogP contribution in [-0.2, 0) is 4.79 Å². The third-order valence-corrected chi connectivity index (χ3v) is 5.18. The number of fused-ring (bicyclic) bond motifs is 1. The van der Waals surface area contributed by atoms with Crippen LogP contribution < -0.4 is 10.1 Å². The number of carbonyl (C=O) groups excluding carboxylic acids is 1. The fourth-order valence-corrected chi connectivity index (χ4v) is 3.78. The van der Waals surface area contributed by atoms with E-state index in [4.69, 9.17) is 0 Å². The van der Waals surface area contributed by atoms with Crippen LogP contribution in [0.1, 0.15) is 6.92 Å². The van der Waals surface area contributed by atoms with Gasteiger partial charge in [0.25, 0.3) is 0 Å². The molecule has 0 unspecified atom stereocenters. The number of thioether (sulfide) groups is 1. The van der Waals surface area contributed by atoms with E-state index in [1.807, 2.05) is 11.4 Å². The predicted molar refractivity (Wildman–Crippen MR) is 94.4 cm³/mol. The van der Waals surface area contributed by atoms with E-state index in [1.165, 1.54) is 41.6 Å². The number of alkyl halides is 2. The van der Waals surface area contributed by atoms with Gasteiger partial charge in [0.1, 0.15) is 21.9 Å². The zero-order valence-corrected chi connectivity index (χ0v) is 14.6. The van der Waals surface area contributed by atoms with Crippen molar-refractivity contribution in [3.05, 3.63) is 42.0 Å². The summed E-state index contributed by atoms with van der Waals surface area (Å²) in [6.07, 6.45) is 1.46. The molecule has 5 nitrogen and oxygen atoms in total. The Hall–Kier alpha value is -2.26. The van der Waals surface area contributed by atoms with E-state index in [0.717, 1.165) is 10.2 Å². The summed E-state index contributed by atoms with van der Waals surface area (Å²) in [6.45, 7) is -1.24. The van der Waals surface area contributed by atoms with Gasteiger partial charge in [0.2, 0.25) is 5.91 Å². The molecule has 1 amide bonds. The van der Waals surface area contributed by atoms with Gasteiger partial charge in [-0.05, 0) is 30.5 Å². The monoisotopic (exact) mass is 381 g/mol. The lowest BCUT2D eigenvalue weighted by molar-refractivity contribution is -0.115. The van der Waals surface area contributed by atoms with Crippen molar-refractivity contribution in [2.24, 2.45) is 0 Å². The molecule has 2 aromatic heterocycles. The highest BCUT2D eigenvalue weighted by atomic mass is 32.2. The van der Waals surface area contributed by atoms with Crippen LogP contribution in [-0.4, -0.2) is 27.7 Å². The van der Waals surface area contributed by atoms with Crippen molar-refractivity contribution in [1.29, 1.82) is 0 Å². The van der Waals surface area contributed by atoms with E-state index < -0.39 is 11.9 Å². The standard InChI is InChI=1S/C16H13F2N3O2S2/c1-9(25-15-10-6-7-24-14(10)19-8-20-15)13(22)21-11-4-2-3-5-12(11)23-16(17)18/h2-9,16H,1H3,(H,21,22)/t9-/m0/s1. The predicted octanol–water partition coefficient (Wildman–Crippen LogP) is 4.41. The molecule has 0 fully saturated rings. The first kappa shape index (κ1) is 17.6. The number of anilines is 1. The Balaban J connectivity index is 1.72. The minimum Gasteiger partial charge on any atom is -0.433 e. The quantitative estimate of drug-likeness (QED) is 0.506.